The highest BCUT2D eigenvalue weighted by molar-refractivity contribution is 7.99. The normalized spacial score (nSPS) is 21.0. The van der Waals surface area contributed by atoms with Gasteiger partial charge >= 0.3 is 5.97 Å². The summed E-state index contributed by atoms with van der Waals surface area (Å²) in [5.74, 6) is 0.0156. The Labute approximate surface area is 142 Å². The van der Waals surface area contributed by atoms with Crippen LogP contribution in [0.5, 0.6) is 0 Å². The van der Waals surface area contributed by atoms with E-state index < -0.39 is 0 Å². The molecule has 1 fully saturated rings. The predicted molar refractivity (Wildman–Crippen MR) is 94.4 cm³/mol. The van der Waals surface area contributed by atoms with E-state index in [1.807, 2.05) is 18.2 Å². The third kappa shape index (κ3) is 4.61. The van der Waals surface area contributed by atoms with Crippen molar-refractivity contribution in [3.63, 3.8) is 0 Å². The third-order valence-corrected chi connectivity index (χ3v) is 5.38. The molecular formula is C20H22O2S. The first-order chi connectivity index (χ1) is 11.2. The van der Waals surface area contributed by atoms with Crippen LogP contribution in [0.1, 0.15) is 30.4 Å². The van der Waals surface area contributed by atoms with Crippen LogP contribution in [0.25, 0.3) is 0 Å². The van der Waals surface area contributed by atoms with Crippen molar-refractivity contribution in [2.45, 2.75) is 42.9 Å². The van der Waals surface area contributed by atoms with Crippen molar-refractivity contribution < 1.29 is 9.53 Å². The Kier molecular flexibility index (Phi) is 5.39. The molecule has 0 spiro atoms. The van der Waals surface area contributed by atoms with Crippen molar-refractivity contribution in [3.05, 3.63) is 65.7 Å². The van der Waals surface area contributed by atoms with E-state index in [0.717, 1.165) is 30.6 Å². The standard InChI is InChI=1S/C20H22O2S/c1-15-7-12-18(13-8-15)23-19-14-11-17(20(21)22-19)10-9-16-5-3-2-4-6-16/h2-8,12-13,17,19H,9-11,14H2,1H3/t17-,19+/m0/s1. The second-order valence-corrected chi connectivity index (χ2v) is 7.33. The van der Waals surface area contributed by atoms with E-state index in [9.17, 15) is 4.79 Å². The topological polar surface area (TPSA) is 26.3 Å². The summed E-state index contributed by atoms with van der Waals surface area (Å²) in [6, 6.07) is 18.7. The molecule has 120 valence electrons. The van der Waals surface area contributed by atoms with Gasteiger partial charge < -0.3 is 4.74 Å². The second kappa shape index (κ2) is 7.69. The van der Waals surface area contributed by atoms with Crippen LogP contribution < -0.4 is 0 Å². The van der Waals surface area contributed by atoms with E-state index in [0.29, 0.717) is 0 Å². The lowest BCUT2D eigenvalue weighted by Crippen LogP contribution is -2.29. The van der Waals surface area contributed by atoms with E-state index in [1.54, 1.807) is 11.8 Å². The maximum atomic E-state index is 12.2. The minimum absolute atomic E-state index is 0.0307. The van der Waals surface area contributed by atoms with Crippen LogP contribution in [0.2, 0.25) is 0 Å². The molecule has 1 aliphatic rings. The van der Waals surface area contributed by atoms with Gasteiger partial charge in [-0.1, -0.05) is 59.8 Å². The fourth-order valence-electron chi connectivity index (χ4n) is 2.84. The lowest BCUT2D eigenvalue weighted by Gasteiger charge is -2.27. The molecule has 1 saturated heterocycles. The van der Waals surface area contributed by atoms with E-state index >= 15 is 0 Å². The zero-order valence-corrected chi connectivity index (χ0v) is 14.2. The number of carbonyl (C=O) groups is 1. The fourth-order valence-corrected chi connectivity index (χ4v) is 3.83. The number of hydrogen-bond donors (Lipinski definition) is 0. The molecule has 0 amide bonds. The first-order valence-electron chi connectivity index (χ1n) is 8.18. The summed E-state index contributed by atoms with van der Waals surface area (Å²) in [6.07, 6.45) is 3.68. The number of hydrogen-bond acceptors (Lipinski definition) is 3. The number of rotatable bonds is 5. The summed E-state index contributed by atoms with van der Waals surface area (Å²) >= 11 is 1.65. The highest BCUT2D eigenvalue weighted by Gasteiger charge is 2.30. The van der Waals surface area contributed by atoms with E-state index in [4.69, 9.17) is 4.74 Å². The minimum Gasteiger partial charge on any atom is -0.451 e. The molecular weight excluding hydrogens is 304 g/mol. The average Bonchev–Trinajstić information content (AvgIpc) is 2.57. The van der Waals surface area contributed by atoms with E-state index in [-0.39, 0.29) is 17.3 Å². The Balaban J connectivity index is 1.49. The largest absolute Gasteiger partial charge is 0.451 e. The van der Waals surface area contributed by atoms with Crippen molar-refractivity contribution in [1.29, 1.82) is 0 Å². The summed E-state index contributed by atoms with van der Waals surface area (Å²) in [5, 5.41) is 0. The molecule has 1 heterocycles. The van der Waals surface area contributed by atoms with Crippen LogP contribution in [-0.4, -0.2) is 11.4 Å². The molecule has 0 aliphatic carbocycles. The van der Waals surface area contributed by atoms with Crippen molar-refractivity contribution >= 4 is 17.7 Å². The summed E-state index contributed by atoms with van der Waals surface area (Å²) in [5.41, 5.74) is 2.49. The third-order valence-electron chi connectivity index (χ3n) is 4.24. The zero-order valence-electron chi connectivity index (χ0n) is 13.4. The monoisotopic (exact) mass is 326 g/mol. The number of carbonyl (C=O) groups excluding carboxylic acids is 1. The fraction of sp³-hybridized carbons (Fsp3) is 0.350. The molecule has 2 atom stereocenters. The van der Waals surface area contributed by atoms with Crippen molar-refractivity contribution in [2.24, 2.45) is 5.92 Å². The molecule has 0 unspecified atom stereocenters. The number of benzene rings is 2. The lowest BCUT2D eigenvalue weighted by molar-refractivity contribution is -0.155. The predicted octanol–water partition coefficient (Wildman–Crippen LogP) is 5.00. The highest BCUT2D eigenvalue weighted by Crippen LogP contribution is 2.34. The summed E-state index contributed by atoms with van der Waals surface area (Å²) in [7, 11) is 0. The van der Waals surface area contributed by atoms with Crippen LogP contribution in [-0.2, 0) is 16.0 Å². The number of aryl methyl sites for hydroxylation is 2. The average molecular weight is 326 g/mol. The molecule has 0 saturated carbocycles. The molecule has 0 N–H and O–H groups in total. The van der Waals surface area contributed by atoms with Gasteiger partial charge in [0.2, 0.25) is 0 Å². The molecule has 1 aliphatic heterocycles. The summed E-state index contributed by atoms with van der Waals surface area (Å²) < 4.78 is 5.65. The smallest absolute Gasteiger partial charge is 0.310 e. The molecule has 2 nitrogen and oxygen atoms in total. The Morgan fingerprint density at radius 2 is 1.78 bits per heavy atom. The van der Waals surface area contributed by atoms with Gasteiger partial charge in [0.1, 0.15) is 0 Å². The SMILES string of the molecule is Cc1ccc(S[C@@H]2CC[C@H](CCc3ccccc3)C(=O)O2)cc1. The van der Waals surface area contributed by atoms with Crippen molar-refractivity contribution in [1.82, 2.24) is 0 Å². The lowest BCUT2D eigenvalue weighted by atomic mass is 9.94. The first kappa shape index (κ1) is 16.1. The molecule has 2 aromatic carbocycles. The van der Waals surface area contributed by atoms with Crippen LogP contribution >= 0.6 is 11.8 Å². The molecule has 0 aromatic heterocycles. The number of cyclic esters (lactones) is 1. The molecule has 2 aromatic rings. The van der Waals surface area contributed by atoms with Crippen LogP contribution in [0.15, 0.2) is 59.5 Å². The molecule has 0 bridgehead atoms. The van der Waals surface area contributed by atoms with Gasteiger partial charge in [-0.05, 0) is 50.3 Å². The number of ether oxygens (including phenoxy) is 1. The van der Waals surface area contributed by atoms with Gasteiger partial charge in [-0.2, -0.15) is 0 Å². The van der Waals surface area contributed by atoms with E-state index in [2.05, 4.69) is 43.3 Å². The van der Waals surface area contributed by atoms with Gasteiger partial charge in [0.25, 0.3) is 0 Å². The first-order valence-corrected chi connectivity index (χ1v) is 9.06. The summed E-state index contributed by atoms with van der Waals surface area (Å²) in [6.45, 7) is 2.08. The maximum Gasteiger partial charge on any atom is 0.310 e. The van der Waals surface area contributed by atoms with Crippen molar-refractivity contribution in [3.8, 4) is 0 Å². The Morgan fingerprint density at radius 1 is 1.04 bits per heavy atom. The number of thioether (sulfide) groups is 1. The molecule has 0 radical (unpaired) electrons. The van der Waals surface area contributed by atoms with Gasteiger partial charge in [-0.15, -0.1) is 0 Å². The molecule has 3 rings (SSSR count). The minimum atomic E-state index is -0.0434. The van der Waals surface area contributed by atoms with Gasteiger partial charge in [0.15, 0.2) is 5.44 Å². The van der Waals surface area contributed by atoms with Crippen LogP contribution in [0.3, 0.4) is 0 Å². The quantitative estimate of drug-likeness (QED) is 0.723. The van der Waals surface area contributed by atoms with Crippen molar-refractivity contribution in [2.75, 3.05) is 0 Å². The van der Waals surface area contributed by atoms with Gasteiger partial charge in [-0.25, -0.2) is 0 Å². The zero-order chi connectivity index (χ0) is 16.1. The van der Waals surface area contributed by atoms with Crippen LogP contribution in [0, 0.1) is 12.8 Å². The van der Waals surface area contributed by atoms with Crippen LogP contribution in [0.4, 0.5) is 0 Å². The van der Waals surface area contributed by atoms with E-state index in [1.165, 1.54) is 11.1 Å². The Morgan fingerprint density at radius 3 is 2.48 bits per heavy atom. The summed E-state index contributed by atoms with van der Waals surface area (Å²) in [4.78, 5) is 13.4. The van der Waals surface area contributed by atoms with Gasteiger partial charge in [0, 0.05) is 4.90 Å². The highest BCUT2D eigenvalue weighted by atomic mass is 32.2. The Hall–Kier alpha value is -1.74. The maximum absolute atomic E-state index is 12.2. The van der Waals surface area contributed by atoms with Gasteiger partial charge in [0.05, 0.1) is 5.92 Å². The number of esters is 1. The molecule has 3 heteroatoms. The molecule has 23 heavy (non-hydrogen) atoms. The van der Waals surface area contributed by atoms with Gasteiger partial charge in [-0.3, -0.25) is 4.79 Å². The Bertz CT molecular complexity index is 636. The second-order valence-electron chi connectivity index (χ2n) is 6.10.